The Morgan fingerprint density at radius 2 is 2.15 bits per heavy atom. The van der Waals surface area contributed by atoms with Gasteiger partial charge in [-0.3, -0.25) is 9.59 Å². The van der Waals surface area contributed by atoms with Crippen LogP contribution in [-0.4, -0.2) is 59.6 Å². The predicted octanol–water partition coefficient (Wildman–Crippen LogP) is 1.35. The van der Waals surface area contributed by atoms with Crippen LogP contribution in [0.5, 0.6) is 5.75 Å². The van der Waals surface area contributed by atoms with E-state index in [0.29, 0.717) is 25.1 Å². The third-order valence-corrected chi connectivity index (χ3v) is 6.48. The number of rotatable bonds is 7. The second kappa shape index (κ2) is 8.21. The van der Waals surface area contributed by atoms with Crippen LogP contribution in [0.25, 0.3) is 0 Å². The molecule has 0 radical (unpaired) electrons. The Bertz CT molecular complexity index is 741. The number of nitrogens with zero attached hydrogens (tertiary/aromatic N) is 1. The minimum Gasteiger partial charge on any atom is -0.496 e. The Morgan fingerprint density at radius 3 is 2.93 bits per heavy atom. The summed E-state index contributed by atoms with van der Waals surface area (Å²) < 4.78 is 10.4. The van der Waals surface area contributed by atoms with Gasteiger partial charge in [0.15, 0.2) is 6.61 Å². The average molecular weight is 392 g/mol. The Balaban J connectivity index is 1.43. The number of carbonyl (C=O) groups is 3. The predicted molar refractivity (Wildman–Crippen MR) is 101 cm³/mol. The lowest BCUT2D eigenvalue weighted by atomic mass is 10.1. The molecule has 27 heavy (non-hydrogen) atoms. The third kappa shape index (κ3) is 4.21. The van der Waals surface area contributed by atoms with Crippen LogP contribution in [0.2, 0.25) is 0 Å². The molecule has 146 valence electrons. The number of benzene rings is 1. The minimum atomic E-state index is -0.601. The van der Waals surface area contributed by atoms with Gasteiger partial charge in [-0.15, -0.1) is 11.8 Å². The normalized spacial score (nSPS) is 23.9. The summed E-state index contributed by atoms with van der Waals surface area (Å²) in [6.07, 6.45) is 1.81. The first kappa shape index (κ1) is 19.5. The summed E-state index contributed by atoms with van der Waals surface area (Å²) in [7, 11) is 1.61. The van der Waals surface area contributed by atoms with Crippen molar-refractivity contribution in [3.05, 3.63) is 29.8 Å². The standard InChI is InChI=1S/C19H24N2O5S/c1-19-9-7-17(23)21(19)14(12-27-19)18(24)26-11-16(22)20-10-8-13-5-3-4-6-15(13)25-2/h3-6,14H,7-12H2,1-2H3,(H,20,22)/t14-,19+/m0/s1. The molecule has 2 saturated heterocycles. The van der Waals surface area contributed by atoms with E-state index in [2.05, 4.69) is 5.32 Å². The molecule has 0 aliphatic carbocycles. The monoisotopic (exact) mass is 392 g/mol. The highest BCUT2D eigenvalue weighted by atomic mass is 32.2. The summed E-state index contributed by atoms with van der Waals surface area (Å²) >= 11 is 1.60. The van der Waals surface area contributed by atoms with Crippen molar-refractivity contribution in [3.8, 4) is 5.75 Å². The van der Waals surface area contributed by atoms with Crippen molar-refractivity contribution in [2.24, 2.45) is 0 Å². The zero-order valence-corrected chi connectivity index (χ0v) is 16.3. The fraction of sp³-hybridized carbons (Fsp3) is 0.526. The number of nitrogens with one attached hydrogen (secondary N) is 1. The molecule has 0 bridgehead atoms. The van der Waals surface area contributed by atoms with Crippen LogP contribution >= 0.6 is 11.8 Å². The van der Waals surface area contributed by atoms with E-state index in [1.54, 1.807) is 23.8 Å². The molecule has 0 spiro atoms. The first-order chi connectivity index (χ1) is 12.9. The Labute approximate surface area is 162 Å². The molecule has 1 N–H and O–H groups in total. The van der Waals surface area contributed by atoms with Crippen LogP contribution in [0.3, 0.4) is 0 Å². The Kier molecular flexibility index (Phi) is 5.94. The molecule has 2 aliphatic heterocycles. The van der Waals surface area contributed by atoms with Crippen molar-refractivity contribution in [2.75, 3.05) is 26.0 Å². The maximum atomic E-state index is 12.3. The van der Waals surface area contributed by atoms with E-state index in [1.807, 2.05) is 31.2 Å². The Morgan fingerprint density at radius 1 is 1.37 bits per heavy atom. The van der Waals surface area contributed by atoms with Gasteiger partial charge in [0.1, 0.15) is 11.8 Å². The third-order valence-electron chi connectivity index (χ3n) is 4.97. The maximum Gasteiger partial charge on any atom is 0.330 e. The number of ether oxygens (including phenoxy) is 2. The lowest BCUT2D eigenvalue weighted by molar-refractivity contribution is -0.156. The van der Waals surface area contributed by atoms with Crippen LogP contribution < -0.4 is 10.1 Å². The Hall–Kier alpha value is -2.22. The van der Waals surface area contributed by atoms with Gasteiger partial charge < -0.3 is 19.7 Å². The molecule has 2 amide bonds. The SMILES string of the molecule is COc1ccccc1CCNC(=O)COC(=O)[C@@H]1CS[C@]2(C)CCC(=O)N12. The molecular weight excluding hydrogens is 368 g/mol. The number of amides is 2. The van der Waals surface area contributed by atoms with Crippen LogP contribution in [0.15, 0.2) is 24.3 Å². The molecule has 8 heteroatoms. The number of methoxy groups -OCH3 is 1. The van der Waals surface area contributed by atoms with Gasteiger partial charge in [-0.25, -0.2) is 4.79 Å². The van der Waals surface area contributed by atoms with Gasteiger partial charge >= 0.3 is 5.97 Å². The molecule has 7 nitrogen and oxygen atoms in total. The van der Waals surface area contributed by atoms with Crippen molar-refractivity contribution < 1.29 is 23.9 Å². The zero-order chi connectivity index (χ0) is 19.4. The molecule has 2 aliphatic rings. The largest absolute Gasteiger partial charge is 0.496 e. The van der Waals surface area contributed by atoms with E-state index in [9.17, 15) is 14.4 Å². The highest BCUT2D eigenvalue weighted by molar-refractivity contribution is 8.01. The van der Waals surface area contributed by atoms with E-state index >= 15 is 0 Å². The summed E-state index contributed by atoms with van der Waals surface area (Å²) in [6.45, 7) is 2.05. The number of thioether (sulfide) groups is 1. The lowest BCUT2D eigenvalue weighted by Gasteiger charge is -2.29. The summed E-state index contributed by atoms with van der Waals surface area (Å²) in [4.78, 5) is 37.7. The fourth-order valence-corrected chi connectivity index (χ4v) is 4.94. The molecule has 0 unspecified atom stereocenters. The molecular formula is C19H24N2O5S. The first-order valence-electron chi connectivity index (χ1n) is 8.96. The van der Waals surface area contributed by atoms with Crippen LogP contribution in [-0.2, 0) is 25.5 Å². The number of fused-ring (bicyclic) bond motifs is 1. The second-order valence-corrected chi connectivity index (χ2v) is 8.29. The van der Waals surface area contributed by atoms with Gasteiger partial charge in [0, 0.05) is 18.7 Å². The summed E-state index contributed by atoms with van der Waals surface area (Å²) in [5, 5.41) is 2.73. The van der Waals surface area contributed by atoms with Gasteiger partial charge in [0.2, 0.25) is 5.91 Å². The molecule has 2 heterocycles. The van der Waals surface area contributed by atoms with Crippen molar-refractivity contribution in [1.29, 1.82) is 0 Å². The molecule has 1 aromatic carbocycles. The van der Waals surface area contributed by atoms with E-state index < -0.39 is 12.0 Å². The second-order valence-electron chi connectivity index (χ2n) is 6.79. The fourth-order valence-electron chi connectivity index (χ4n) is 3.53. The molecule has 0 aromatic heterocycles. The highest BCUT2D eigenvalue weighted by Crippen LogP contribution is 2.47. The van der Waals surface area contributed by atoms with Gasteiger partial charge in [-0.2, -0.15) is 0 Å². The van der Waals surface area contributed by atoms with Crippen molar-refractivity contribution in [1.82, 2.24) is 10.2 Å². The highest BCUT2D eigenvalue weighted by Gasteiger charge is 2.53. The van der Waals surface area contributed by atoms with Gasteiger partial charge in [-0.05, 0) is 31.4 Å². The summed E-state index contributed by atoms with van der Waals surface area (Å²) in [5.74, 6) is 0.387. The van der Waals surface area contributed by atoms with Crippen molar-refractivity contribution in [2.45, 2.75) is 37.1 Å². The smallest absolute Gasteiger partial charge is 0.330 e. The maximum absolute atomic E-state index is 12.3. The quantitative estimate of drug-likeness (QED) is 0.705. The van der Waals surface area contributed by atoms with Crippen molar-refractivity contribution >= 4 is 29.5 Å². The first-order valence-corrected chi connectivity index (χ1v) is 9.94. The lowest BCUT2D eigenvalue weighted by Crippen LogP contribution is -2.47. The number of carbonyl (C=O) groups excluding carboxylic acids is 3. The molecule has 3 rings (SSSR count). The molecule has 0 saturated carbocycles. The van der Waals surface area contributed by atoms with Crippen LogP contribution in [0.4, 0.5) is 0 Å². The number of hydrogen-bond donors (Lipinski definition) is 1. The van der Waals surface area contributed by atoms with Gasteiger partial charge in [-0.1, -0.05) is 18.2 Å². The molecule has 1 aromatic rings. The molecule has 2 fully saturated rings. The summed E-state index contributed by atoms with van der Waals surface area (Å²) in [6, 6.07) is 7.00. The van der Waals surface area contributed by atoms with E-state index in [0.717, 1.165) is 17.7 Å². The van der Waals surface area contributed by atoms with Crippen LogP contribution in [0.1, 0.15) is 25.3 Å². The van der Waals surface area contributed by atoms with Gasteiger partial charge in [0.05, 0.1) is 12.0 Å². The van der Waals surface area contributed by atoms with E-state index in [4.69, 9.17) is 9.47 Å². The van der Waals surface area contributed by atoms with Crippen LogP contribution in [0, 0.1) is 0 Å². The topological polar surface area (TPSA) is 84.9 Å². The number of hydrogen-bond acceptors (Lipinski definition) is 6. The number of para-hydroxylation sites is 1. The minimum absolute atomic E-state index is 0.0225. The van der Waals surface area contributed by atoms with Crippen molar-refractivity contribution in [3.63, 3.8) is 0 Å². The van der Waals surface area contributed by atoms with E-state index in [-0.39, 0.29) is 23.3 Å². The van der Waals surface area contributed by atoms with Gasteiger partial charge in [0.25, 0.3) is 5.91 Å². The summed E-state index contributed by atoms with van der Waals surface area (Å²) in [5.41, 5.74) is 0.993. The zero-order valence-electron chi connectivity index (χ0n) is 15.5. The number of esters is 1. The molecule has 2 atom stereocenters. The average Bonchev–Trinajstić information content (AvgIpc) is 3.16. The van der Waals surface area contributed by atoms with E-state index in [1.165, 1.54) is 0 Å².